The van der Waals surface area contributed by atoms with Gasteiger partial charge in [-0.25, -0.2) is 4.79 Å². The first kappa shape index (κ1) is 29.1. The minimum atomic E-state index is -1.71. The zero-order valence-electron chi connectivity index (χ0n) is 17.7. The minimum absolute atomic E-state index is 0.0867. The first-order valence-electron chi connectivity index (χ1n) is 9.69. The summed E-state index contributed by atoms with van der Waals surface area (Å²) in [5.41, 5.74) is 15.5. The molecule has 0 bridgehead atoms. The molecule has 186 valence electrons. The first-order valence-corrected chi connectivity index (χ1v) is 9.69. The Kier molecular flexibility index (Phi) is 13.2. The Morgan fingerprint density at radius 1 is 0.788 bits per heavy atom. The number of carboxylic acids is 3. The number of carboxylic acid groups (broad SMARTS) is 3. The molecular formula is C17H29N7O9. The number of hydrogen-bond donors (Lipinski definition) is 9. The summed E-state index contributed by atoms with van der Waals surface area (Å²) in [6.45, 7) is -0.417. The van der Waals surface area contributed by atoms with Crippen LogP contribution in [0, 0.1) is 0 Å². The van der Waals surface area contributed by atoms with E-state index in [1.807, 2.05) is 0 Å². The second-order valence-corrected chi connectivity index (χ2v) is 6.76. The van der Waals surface area contributed by atoms with Crippen LogP contribution in [0.25, 0.3) is 0 Å². The first-order chi connectivity index (χ1) is 15.4. The molecule has 0 heterocycles. The van der Waals surface area contributed by atoms with Crippen LogP contribution in [0.2, 0.25) is 0 Å². The van der Waals surface area contributed by atoms with Crippen LogP contribution in [0.4, 0.5) is 0 Å². The van der Waals surface area contributed by atoms with Gasteiger partial charge in [-0.3, -0.25) is 29.0 Å². The van der Waals surface area contributed by atoms with E-state index in [0.717, 1.165) is 0 Å². The molecule has 33 heavy (non-hydrogen) atoms. The number of nitrogens with one attached hydrogen (secondary N) is 3. The molecule has 0 aromatic rings. The van der Waals surface area contributed by atoms with E-state index in [4.69, 9.17) is 27.4 Å². The van der Waals surface area contributed by atoms with Crippen LogP contribution in [-0.4, -0.2) is 88.1 Å². The Morgan fingerprint density at radius 2 is 1.36 bits per heavy atom. The highest BCUT2D eigenvalue weighted by Crippen LogP contribution is 2.04. The van der Waals surface area contributed by atoms with Crippen molar-refractivity contribution in [2.24, 2.45) is 22.2 Å². The van der Waals surface area contributed by atoms with Crippen molar-refractivity contribution in [2.45, 2.75) is 50.2 Å². The largest absolute Gasteiger partial charge is 0.481 e. The lowest BCUT2D eigenvalue weighted by molar-refractivity contribution is -0.143. The summed E-state index contributed by atoms with van der Waals surface area (Å²) in [6.07, 6.45) is -1.71. The van der Waals surface area contributed by atoms with Crippen molar-refractivity contribution < 1.29 is 44.1 Å². The van der Waals surface area contributed by atoms with Crippen LogP contribution in [-0.2, 0) is 28.8 Å². The third-order valence-electron chi connectivity index (χ3n) is 4.06. The van der Waals surface area contributed by atoms with Crippen LogP contribution < -0.4 is 33.2 Å². The Hall–Kier alpha value is -3.95. The highest BCUT2D eigenvalue weighted by molar-refractivity contribution is 5.95. The molecule has 0 spiro atoms. The number of rotatable bonds is 16. The molecule has 16 nitrogen and oxygen atoms in total. The topological polar surface area (TPSA) is 290 Å². The number of nitrogens with two attached hydrogens (primary N) is 3. The molecule has 16 heteroatoms. The maximum atomic E-state index is 12.5. The highest BCUT2D eigenvalue weighted by atomic mass is 16.4. The molecule has 0 saturated heterocycles. The summed E-state index contributed by atoms with van der Waals surface area (Å²) in [6, 6.07) is -4.56. The average Bonchev–Trinajstić information content (AvgIpc) is 2.71. The van der Waals surface area contributed by atoms with Gasteiger partial charge in [-0.15, -0.1) is 0 Å². The van der Waals surface area contributed by atoms with E-state index in [2.05, 4.69) is 20.9 Å². The van der Waals surface area contributed by atoms with Crippen molar-refractivity contribution >= 4 is 41.6 Å². The van der Waals surface area contributed by atoms with Gasteiger partial charge < -0.3 is 48.5 Å². The van der Waals surface area contributed by atoms with Crippen molar-refractivity contribution in [1.82, 2.24) is 16.0 Å². The van der Waals surface area contributed by atoms with Crippen molar-refractivity contribution in [2.75, 3.05) is 13.1 Å². The predicted octanol–water partition coefficient (Wildman–Crippen LogP) is -4.12. The van der Waals surface area contributed by atoms with E-state index in [9.17, 15) is 33.9 Å². The summed E-state index contributed by atoms with van der Waals surface area (Å²) < 4.78 is 0. The summed E-state index contributed by atoms with van der Waals surface area (Å²) in [5.74, 6) is -7.30. The zero-order chi connectivity index (χ0) is 25.6. The van der Waals surface area contributed by atoms with Crippen LogP contribution in [0.3, 0.4) is 0 Å². The number of guanidine groups is 1. The van der Waals surface area contributed by atoms with E-state index in [-0.39, 0.29) is 31.8 Å². The summed E-state index contributed by atoms with van der Waals surface area (Å²) in [4.78, 5) is 73.6. The number of aliphatic imine (C=N–C) groups is 1. The van der Waals surface area contributed by atoms with Crippen LogP contribution in [0.15, 0.2) is 4.99 Å². The summed E-state index contributed by atoms with van der Waals surface area (Å²) >= 11 is 0. The van der Waals surface area contributed by atoms with Crippen LogP contribution >= 0.6 is 0 Å². The zero-order valence-corrected chi connectivity index (χ0v) is 17.7. The molecule has 0 aromatic heterocycles. The van der Waals surface area contributed by atoms with Gasteiger partial charge in [0.05, 0.1) is 13.0 Å². The van der Waals surface area contributed by atoms with Crippen LogP contribution in [0.1, 0.15) is 32.1 Å². The molecule has 0 aliphatic rings. The van der Waals surface area contributed by atoms with Crippen LogP contribution in [0.5, 0.6) is 0 Å². The SMILES string of the molecule is NCC(=O)NC(CCC(=O)O)C(=O)NC(CC(=O)O)C(=O)NC(CCCN=C(N)N)C(=O)O. The van der Waals surface area contributed by atoms with Gasteiger partial charge in [0.25, 0.3) is 0 Å². The molecule has 0 fully saturated rings. The monoisotopic (exact) mass is 475 g/mol. The lowest BCUT2D eigenvalue weighted by Gasteiger charge is -2.23. The number of carbonyl (C=O) groups excluding carboxylic acids is 3. The van der Waals surface area contributed by atoms with E-state index in [0.29, 0.717) is 0 Å². The molecule has 0 aliphatic heterocycles. The van der Waals surface area contributed by atoms with Gasteiger partial charge in [0.1, 0.15) is 18.1 Å². The lowest BCUT2D eigenvalue weighted by atomic mass is 10.1. The van der Waals surface area contributed by atoms with Crippen molar-refractivity contribution in [3.8, 4) is 0 Å². The molecule has 3 amide bonds. The van der Waals surface area contributed by atoms with Gasteiger partial charge in [-0.05, 0) is 19.3 Å². The van der Waals surface area contributed by atoms with Gasteiger partial charge in [0.15, 0.2) is 5.96 Å². The number of carbonyl (C=O) groups is 6. The lowest BCUT2D eigenvalue weighted by Crippen LogP contribution is -2.56. The maximum Gasteiger partial charge on any atom is 0.326 e. The van der Waals surface area contributed by atoms with Gasteiger partial charge >= 0.3 is 17.9 Å². The molecular weight excluding hydrogens is 446 g/mol. The molecule has 0 rings (SSSR count). The van der Waals surface area contributed by atoms with Crippen molar-refractivity contribution in [3.63, 3.8) is 0 Å². The molecule has 0 aromatic carbocycles. The van der Waals surface area contributed by atoms with Gasteiger partial charge in [0, 0.05) is 13.0 Å². The van der Waals surface area contributed by atoms with Gasteiger partial charge in [-0.2, -0.15) is 0 Å². The molecule has 0 radical (unpaired) electrons. The second-order valence-electron chi connectivity index (χ2n) is 6.76. The molecule has 3 unspecified atom stereocenters. The average molecular weight is 475 g/mol. The fourth-order valence-corrected chi connectivity index (χ4v) is 2.48. The van der Waals surface area contributed by atoms with E-state index >= 15 is 0 Å². The third-order valence-corrected chi connectivity index (χ3v) is 4.06. The van der Waals surface area contributed by atoms with Crippen molar-refractivity contribution in [1.29, 1.82) is 0 Å². The highest BCUT2D eigenvalue weighted by Gasteiger charge is 2.31. The number of amides is 3. The van der Waals surface area contributed by atoms with Gasteiger partial charge in [-0.1, -0.05) is 0 Å². The van der Waals surface area contributed by atoms with Gasteiger partial charge in [0.2, 0.25) is 17.7 Å². The number of aliphatic carboxylic acids is 3. The normalized spacial score (nSPS) is 13.0. The number of nitrogens with zero attached hydrogens (tertiary/aromatic N) is 1. The minimum Gasteiger partial charge on any atom is -0.481 e. The third kappa shape index (κ3) is 13.1. The molecule has 0 saturated carbocycles. The van der Waals surface area contributed by atoms with E-state index < -0.39 is 73.1 Å². The fourth-order valence-electron chi connectivity index (χ4n) is 2.48. The Balaban J connectivity index is 5.36. The maximum absolute atomic E-state index is 12.5. The smallest absolute Gasteiger partial charge is 0.326 e. The molecule has 3 atom stereocenters. The Bertz CT molecular complexity index is 768. The number of hydrogen-bond acceptors (Lipinski definition) is 8. The summed E-state index contributed by atoms with van der Waals surface area (Å²) in [7, 11) is 0. The molecule has 0 aliphatic carbocycles. The van der Waals surface area contributed by atoms with Crippen molar-refractivity contribution in [3.05, 3.63) is 0 Å². The predicted molar refractivity (Wildman–Crippen MR) is 112 cm³/mol. The second kappa shape index (κ2) is 15.0. The Morgan fingerprint density at radius 3 is 1.85 bits per heavy atom. The quantitative estimate of drug-likeness (QED) is 0.0584. The molecule has 12 N–H and O–H groups in total. The standard InChI is InChI=1S/C17H29N7O9/c18-7-11(25)22-8(3-4-12(26)27)14(30)24-10(6-13(28)29)15(31)23-9(16(32)33)2-1-5-21-17(19)20/h8-10H,1-7,18H2,(H,22,25)(H,23,31)(H,24,30)(H,26,27)(H,28,29)(H,32,33)(H4,19,20,21). The van der Waals surface area contributed by atoms with E-state index in [1.54, 1.807) is 0 Å². The summed E-state index contributed by atoms with van der Waals surface area (Å²) in [5, 5.41) is 33.6. The van der Waals surface area contributed by atoms with E-state index in [1.165, 1.54) is 0 Å². The Labute approximate surface area is 187 Å². The fraction of sp³-hybridized carbons (Fsp3) is 0.588.